The van der Waals surface area contributed by atoms with Gasteiger partial charge in [0.25, 0.3) is 0 Å². The fourth-order valence-electron chi connectivity index (χ4n) is 2.57. The highest BCUT2D eigenvalue weighted by atomic mass is 16.3. The smallest absolute Gasteiger partial charge is 0.0587 e. The molecule has 0 saturated heterocycles. The predicted molar refractivity (Wildman–Crippen MR) is 68.6 cm³/mol. The van der Waals surface area contributed by atoms with Gasteiger partial charge in [0.1, 0.15) is 0 Å². The number of rotatable bonds is 6. The average Bonchev–Trinajstić information content (AvgIpc) is 2.52. The summed E-state index contributed by atoms with van der Waals surface area (Å²) < 4.78 is 0. The molecule has 0 bridgehead atoms. The summed E-state index contributed by atoms with van der Waals surface area (Å²) in [6, 6.07) is 0.318. The van der Waals surface area contributed by atoms with Crippen molar-refractivity contribution in [3.8, 4) is 0 Å². The number of nitrogens with zero attached hydrogens (tertiary/aromatic N) is 1. The van der Waals surface area contributed by atoms with Crippen molar-refractivity contribution in [1.82, 2.24) is 10.2 Å². The molecule has 0 aromatic rings. The highest BCUT2D eigenvalue weighted by Gasteiger charge is 2.21. The number of hydrogen-bond acceptors (Lipinski definition) is 3. The summed E-state index contributed by atoms with van der Waals surface area (Å²) in [5.74, 6) is 0.690. The lowest BCUT2D eigenvalue weighted by Crippen LogP contribution is -2.42. The van der Waals surface area contributed by atoms with Crippen LogP contribution in [0.4, 0.5) is 0 Å². The molecule has 1 fully saturated rings. The number of hydrogen-bond donors (Lipinski definition) is 2. The molecular weight excluding hydrogens is 200 g/mol. The van der Waals surface area contributed by atoms with Crippen LogP contribution >= 0.6 is 0 Å². The van der Waals surface area contributed by atoms with E-state index >= 15 is 0 Å². The van der Waals surface area contributed by atoms with Crippen molar-refractivity contribution in [3.63, 3.8) is 0 Å². The van der Waals surface area contributed by atoms with Gasteiger partial charge in [-0.3, -0.25) is 0 Å². The lowest BCUT2D eigenvalue weighted by Gasteiger charge is -2.26. The summed E-state index contributed by atoms with van der Waals surface area (Å²) in [6.07, 6.45) is 8.03. The van der Waals surface area contributed by atoms with Gasteiger partial charge in [-0.05, 0) is 32.9 Å². The standard InChI is InChI=1S/C13H28N2O/c1-15(2)10-9-14-13(11-16)12-7-5-3-4-6-8-12/h12-14,16H,3-11H2,1-2H3. The summed E-state index contributed by atoms with van der Waals surface area (Å²) >= 11 is 0. The molecule has 0 radical (unpaired) electrons. The zero-order valence-electron chi connectivity index (χ0n) is 10.9. The molecule has 1 aliphatic rings. The third kappa shape index (κ3) is 5.28. The molecule has 0 aliphatic heterocycles. The van der Waals surface area contributed by atoms with Crippen LogP contribution < -0.4 is 5.32 Å². The molecule has 0 heterocycles. The van der Waals surface area contributed by atoms with E-state index in [1.165, 1.54) is 38.5 Å². The maximum atomic E-state index is 9.46. The molecule has 0 aromatic carbocycles. The molecule has 3 heteroatoms. The zero-order valence-corrected chi connectivity index (χ0v) is 10.9. The van der Waals surface area contributed by atoms with Crippen LogP contribution in [0.3, 0.4) is 0 Å². The molecule has 16 heavy (non-hydrogen) atoms. The van der Waals surface area contributed by atoms with Gasteiger partial charge in [0.05, 0.1) is 6.61 Å². The minimum absolute atomic E-state index is 0.290. The maximum absolute atomic E-state index is 9.46. The summed E-state index contributed by atoms with van der Waals surface area (Å²) in [4.78, 5) is 2.18. The van der Waals surface area contributed by atoms with Crippen LogP contribution in [-0.2, 0) is 0 Å². The van der Waals surface area contributed by atoms with Crippen LogP contribution in [-0.4, -0.2) is 49.8 Å². The van der Waals surface area contributed by atoms with Crippen LogP contribution in [0, 0.1) is 5.92 Å². The lowest BCUT2D eigenvalue weighted by atomic mass is 9.92. The van der Waals surface area contributed by atoms with Gasteiger partial charge >= 0.3 is 0 Å². The van der Waals surface area contributed by atoms with Crippen molar-refractivity contribution in [3.05, 3.63) is 0 Å². The Hall–Kier alpha value is -0.120. The minimum Gasteiger partial charge on any atom is -0.395 e. The number of aliphatic hydroxyl groups is 1. The highest BCUT2D eigenvalue weighted by Crippen LogP contribution is 2.25. The Morgan fingerprint density at radius 1 is 1.19 bits per heavy atom. The number of nitrogens with one attached hydrogen (secondary N) is 1. The van der Waals surface area contributed by atoms with Gasteiger partial charge in [-0.2, -0.15) is 0 Å². The molecule has 1 unspecified atom stereocenters. The van der Waals surface area contributed by atoms with Gasteiger partial charge in [0, 0.05) is 19.1 Å². The van der Waals surface area contributed by atoms with E-state index in [1.807, 2.05) is 0 Å². The van der Waals surface area contributed by atoms with Gasteiger partial charge in [0.15, 0.2) is 0 Å². The van der Waals surface area contributed by atoms with Crippen LogP contribution in [0.25, 0.3) is 0 Å². The van der Waals surface area contributed by atoms with E-state index in [-0.39, 0.29) is 6.61 Å². The normalized spacial score (nSPS) is 21.0. The Morgan fingerprint density at radius 2 is 1.81 bits per heavy atom. The number of likely N-dealkylation sites (N-methyl/N-ethyl adjacent to an activating group) is 1. The lowest BCUT2D eigenvalue weighted by molar-refractivity contribution is 0.184. The fraction of sp³-hybridized carbons (Fsp3) is 1.00. The topological polar surface area (TPSA) is 35.5 Å². The summed E-state index contributed by atoms with van der Waals surface area (Å²) in [5, 5.41) is 13.0. The van der Waals surface area contributed by atoms with Crippen molar-refractivity contribution in [2.24, 2.45) is 5.92 Å². The van der Waals surface area contributed by atoms with Crippen molar-refractivity contribution < 1.29 is 5.11 Å². The first-order valence-electron chi connectivity index (χ1n) is 6.73. The van der Waals surface area contributed by atoms with Crippen molar-refractivity contribution in [2.75, 3.05) is 33.8 Å². The van der Waals surface area contributed by atoms with Crippen LogP contribution in [0.5, 0.6) is 0 Å². The summed E-state index contributed by atoms with van der Waals surface area (Å²) in [5.41, 5.74) is 0. The maximum Gasteiger partial charge on any atom is 0.0587 e. The molecule has 0 spiro atoms. The second-order valence-electron chi connectivity index (χ2n) is 5.30. The molecule has 96 valence electrons. The molecule has 0 aromatic heterocycles. The van der Waals surface area contributed by atoms with Gasteiger partial charge in [-0.25, -0.2) is 0 Å². The zero-order chi connectivity index (χ0) is 11.8. The summed E-state index contributed by atoms with van der Waals surface area (Å²) in [7, 11) is 4.17. The predicted octanol–water partition coefficient (Wildman–Crippen LogP) is 1.47. The quantitative estimate of drug-likeness (QED) is 0.676. The van der Waals surface area contributed by atoms with Crippen LogP contribution in [0.15, 0.2) is 0 Å². The Labute approximate surface area is 100 Å². The Bertz CT molecular complexity index is 165. The van der Waals surface area contributed by atoms with Gasteiger partial charge in [-0.1, -0.05) is 25.7 Å². The van der Waals surface area contributed by atoms with E-state index in [2.05, 4.69) is 24.3 Å². The average molecular weight is 228 g/mol. The highest BCUT2D eigenvalue weighted by molar-refractivity contribution is 4.78. The van der Waals surface area contributed by atoms with Crippen molar-refractivity contribution in [2.45, 2.75) is 44.6 Å². The van der Waals surface area contributed by atoms with E-state index in [1.54, 1.807) is 0 Å². The van der Waals surface area contributed by atoms with Crippen LogP contribution in [0.1, 0.15) is 38.5 Å². The molecule has 1 aliphatic carbocycles. The van der Waals surface area contributed by atoms with E-state index in [4.69, 9.17) is 0 Å². The van der Waals surface area contributed by atoms with Crippen molar-refractivity contribution in [1.29, 1.82) is 0 Å². The minimum atomic E-state index is 0.290. The Balaban J connectivity index is 2.27. The van der Waals surface area contributed by atoms with E-state index < -0.39 is 0 Å². The molecule has 1 saturated carbocycles. The van der Waals surface area contributed by atoms with Gasteiger partial charge in [0.2, 0.25) is 0 Å². The van der Waals surface area contributed by atoms with Gasteiger partial charge < -0.3 is 15.3 Å². The first-order chi connectivity index (χ1) is 7.74. The molecule has 2 N–H and O–H groups in total. The van der Waals surface area contributed by atoms with E-state index in [9.17, 15) is 5.11 Å². The first kappa shape index (κ1) is 13.9. The Kier molecular flexibility index (Phi) is 7.01. The molecule has 1 atom stereocenters. The molecule has 3 nitrogen and oxygen atoms in total. The Morgan fingerprint density at radius 3 is 2.31 bits per heavy atom. The third-order valence-corrected chi connectivity index (χ3v) is 3.63. The second kappa shape index (κ2) is 8.04. The van der Waals surface area contributed by atoms with Crippen LogP contribution in [0.2, 0.25) is 0 Å². The monoisotopic (exact) mass is 228 g/mol. The van der Waals surface area contributed by atoms with Gasteiger partial charge in [-0.15, -0.1) is 0 Å². The summed E-state index contributed by atoms with van der Waals surface area (Å²) in [6.45, 7) is 2.32. The molecule has 1 rings (SSSR count). The second-order valence-corrected chi connectivity index (χ2v) is 5.30. The largest absolute Gasteiger partial charge is 0.395 e. The van der Waals surface area contributed by atoms with Crippen molar-refractivity contribution >= 4 is 0 Å². The first-order valence-corrected chi connectivity index (χ1v) is 6.73. The fourth-order valence-corrected chi connectivity index (χ4v) is 2.57. The third-order valence-electron chi connectivity index (χ3n) is 3.63. The van der Waals surface area contributed by atoms with E-state index in [0.29, 0.717) is 12.0 Å². The SMILES string of the molecule is CN(C)CCNC(CO)C1CCCCCC1. The molecule has 0 amide bonds. The molecular formula is C13H28N2O. The number of aliphatic hydroxyl groups excluding tert-OH is 1. The van der Waals surface area contributed by atoms with E-state index in [0.717, 1.165) is 13.1 Å².